The molecule has 1 aliphatic carbocycles. The molecule has 1 heterocycles. The Morgan fingerprint density at radius 2 is 1.67 bits per heavy atom. The second kappa shape index (κ2) is 11.0. The first kappa shape index (κ1) is 23.5. The Labute approximate surface area is 198 Å². The molecule has 1 fully saturated rings. The number of nitrogens with zero attached hydrogens (tertiary/aromatic N) is 1. The number of para-hydroxylation sites is 1. The van der Waals surface area contributed by atoms with Gasteiger partial charge in [0.1, 0.15) is 5.78 Å². The molecule has 1 saturated carbocycles. The summed E-state index contributed by atoms with van der Waals surface area (Å²) in [4.78, 5) is 27.9. The number of rotatable bonds is 8. The van der Waals surface area contributed by atoms with Crippen molar-refractivity contribution in [2.24, 2.45) is 17.8 Å². The molecule has 2 aromatic carbocycles. The maximum absolute atomic E-state index is 13.5. The van der Waals surface area contributed by atoms with Crippen LogP contribution in [0, 0.1) is 17.8 Å². The van der Waals surface area contributed by atoms with Crippen LogP contribution < -0.4 is 4.90 Å². The first-order valence-electron chi connectivity index (χ1n) is 12.7. The highest BCUT2D eigenvalue weighted by molar-refractivity contribution is 6.03. The number of anilines is 1. The van der Waals surface area contributed by atoms with Crippen molar-refractivity contribution >= 4 is 23.0 Å². The lowest BCUT2D eigenvalue weighted by Gasteiger charge is -2.25. The van der Waals surface area contributed by atoms with Crippen LogP contribution in [0.4, 0.5) is 5.69 Å². The van der Waals surface area contributed by atoms with E-state index in [9.17, 15) is 9.59 Å². The third-order valence-corrected chi connectivity index (χ3v) is 7.65. The van der Waals surface area contributed by atoms with E-state index in [0.29, 0.717) is 18.6 Å². The lowest BCUT2D eigenvalue weighted by Crippen LogP contribution is -2.34. The average molecular weight is 444 g/mol. The lowest BCUT2D eigenvalue weighted by atomic mass is 9.83. The topological polar surface area (TPSA) is 37.4 Å². The number of fused-ring (bicyclic) bond motifs is 1. The molecule has 0 N–H and O–H groups in total. The van der Waals surface area contributed by atoms with Crippen LogP contribution in [0.15, 0.2) is 60.7 Å². The van der Waals surface area contributed by atoms with Crippen LogP contribution in [-0.4, -0.2) is 18.7 Å². The number of Topliss-reactive ketones (excluding diaryl/α,β-unsaturated/α-hetero) is 1. The molecule has 1 aliphatic heterocycles. The molecule has 0 saturated heterocycles. The van der Waals surface area contributed by atoms with Crippen molar-refractivity contribution < 1.29 is 9.59 Å². The molecule has 3 heteroatoms. The smallest absolute Gasteiger partial charge is 0.233 e. The van der Waals surface area contributed by atoms with Gasteiger partial charge in [0.15, 0.2) is 0 Å². The quantitative estimate of drug-likeness (QED) is 0.438. The highest BCUT2D eigenvalue weighted by atomic mass is 16.2. The normalized spacial score (nSPS) is 20.1. The molecule has 2 aromatic rings. The van der Waals surface area contributed by atoms with Crippen LogP contribution in [0.1, 0.15) is 75.8 Å². The van der Waals surface area contributed by atoms with E-state index in [1.807, 2.05) is 43.4 Å². The van der Waals surface area contributed by atoms with Gasteiger partial charge in [-0.05, 0) is 41.9 Å². The minimum atomic E-state index is -0.247. The summed E-state index contributed by atoms with van der Waals surface area (Å²) in [6.07, 6.45) is 11.8. The highest BCUT2D eigenvalue weighted by Crippen LogP contribution is 2.38. The van der Waals surface area contributed by atoms with Gasteiger partial charge in [0.2, 0.25) is 5.91 Å². The molecule has 174 valence electrons. The summed E-state index contributed by atoms with van der Waals surface area (Å²) in [6.45, 7) is 2.12. The molecule has 0 aromatic heterocycles. The number of carbonyl (C=O) groups is 2. The van der Waals surface area contributed by atoms with E-state index in [0.717, 1.165) is 41.1 Å². The Morgan fingerprint density at radius 3 is 2.42 bits per heavy atom. The Balaban J connectivity index is 1.48. The van der Waals surface area contributed by atoms with Gasteiger partial charge in [-0.1, -0.05) is 93.6 Å². The van der Waals surface area contributed by atoms with Crippen LogP contribution in [-0.2, 0) is 9.59 Å². The fraction of sp³-hybridized carbons (Fsp3) is 0.467. The fourth-order valence-corrected chi connectivity index (χ4v) is 5.49. The molecular formula is C30H37NO2. The molecule has 4 rings (SSSR count). The molecule has 2 unspecified atom stereocenters. The summed E-state index contributed by atoms with van der Waals surface area (Å²) in [6, 6.07) is 18.4. The Bertz CT molecular complexity index is 987. The Kier molecular flexibility index (Phi) is 7.80. The van der Waals surface area contributed by atoms with E-state index < -0.39 is 0 Å². The summed E-state index contributed by atoms with van der Waals surface area (Å²) in [7, 11) is 1.87. The third kappa shape index (κ3) is 5.63. The van der Waals surface area contributed by atoms with Gasteiger partial charge >= 0.3 is 0 Å². The molecule has 0 spiro atoms. The second-order valence-electron chi connectivity index (χ2n) is 9.98. The van der Waals surface area contributed by atoms with Gasteiger partial charge in [0.25, 0.3) is 0 Å². The van der Waals surface area contributed by atoms with Gasteiger partial charge in [-0.2, -0.15) is 0 Å². The van der Waals surface area contributed by atoms with Gasteiger partial charge in [0.05, 0.1) is 11.6 Å². The van der Waals surface area contributed by atoms with E-state index in [4.69, 9.17) is 0 Å². The Hall–Kier alpha value is -2.68. The van der Waals surface area contributed by atoms with Gasteiger partial charge in [-0.25, -0.2) is 0 Å². The minimum absolute atomic E-state index is 0.103. The first-order valence-corrected chi connectivity index (χ1v) is 12.7. The van der Waals surface area contributed by atoms with Crippen molar-refractivity contribution in [3.8, 4) is 0 Å². The van der Waals surface area contributed by atoms with Gasteiger partial charge < -0.3 is 4.90 Å². The zero-order valence-electron chi connectivity index (χ0n) is 20.1. The van der Waals surface area contributed by atoms with Crippen molar-refractivity contribution in [2.75, 3.05) is 11.9 Å². The largest absolute Gasteiger partial charge is 0.314 e. The van der Waals surface area contributed by atoms with E-state index in [-0.39, 0.29) is 17.7 Å². The predicted molar refractivity (Wildman–Crippen MR) is 136 cm³/mol. The number of benzene rings is 2. The fourth-order valence-electron chi connectivity index (χ4n) is 5.49. The van der Waals surface area contributed by atoms with E-state index in [1.54, 1.807) is 4.90 Å². The van der Waals surface area contributed by atoms with Crippen molar-refractivity contribution in [1.82, 2.24) is 0 Å². The van der Waals surface area contributed by atoms with Gasteiger partial charge in [0, 0.05) is 25.5 Å². The van der Waals surface area contributed by atoms with Crippen molar-refractivity contribution in [1.29, 1.82) is 0 Å². The van der Waals surface area contributed by atoms with Crippen LogP contribution in [0.5, 0.6) is 0 Å². The van der Waals surface area contributed by atoms with Gasteiger partial charge in [-0.3, -0.25) is 9.59 Å². The highest BCUT2D eigenvalue weighted by Gasteiger charge is 2.32. The van der Waals surface area contributed by atoms with Crippen LogP contribution in [0.25, 0.3) is 5.57 Å². The summed E-state index contributed by atoms with van der Waals surface area (Å²) in [5.74, 6) is 1.07. The molecule has 2 atom stereocenters. The molecule has 2 aliphatic rings. The number of amides is 1. The number of carbonyl (C=O) groups excluding carboxylic acids is 2. The van der Waals surface area contributed by atoms with E-state index >= 15 is 0 Å². The van der Waals surface area contributed by atoms with Crippen LogP contribution in [0.3, 0.4) is 0 Å². The molecular weight excluding hydrogens is 406 g/mol. The monoisotopic (exact) mass is 443 g/mol. The summed E-state index contributed by atoms with van der Waals surface area (Å²) < 4.78 is 0. The summed E-state index contributed by atoms with van der Waals surface area (Å²) in [5.41, 5.74) is 4.24. The Morgan fingerprint density at radius 1 is 0.970 bits per heavy atom. The molecule has 0 radical (unpaired) electrons. The van der Waals surface area contributed by atoms with Crippen molar-refractivity contribution in [3.05, 3.63) is 71.8 Å². The number of hydrogen-bond acceptors (Lipinski definition) is 2. The van der Waals surface area contributed by atoms with E-state index in [1.165, 1.54) is 32.1 Å². The zero-order valence-corrected chi connectivity index (χ0v) is 20.1. The zero-order chi connectivity index (χ0) is 23.2. The number of hydrogen-bond donors (Lipinski definition) is 0. The third-order valence-electron chi connectivity index (χ3n) is 7.65. The first-order chi connectivity index (χ1) is 16.0. The molecule has 3 nitrogen and oxygen atoms in total. The second-order valence-corrected chi connectivity index (χ2v) is 9.98. The van der Waals surface area contributed by atoms with Crippen LogP contribution >= 0.6 is 0 Å². The molecule has 1 amide bonds. The number of ketones is 1. The maximum atomic E-state index is 13.5. The van der Waals surface area contributed by atoms with Crippen LogP contribution in [0.2, 0.25) is 0 Å². The molecule has 0 bridgehead atoms. The molecule has 33 heavy (non-hydrogen) atoms. The van der Waals surface area contributed by atoms with E-state index in [2.05, 4.69) is 31.2 Å². The summed E-state index contributed by atoms with van der Waals surface area (Å²) in [5, 5.41) is 0. The van der Waals surface area contributed by atoms with Crippen molar-refractivity contribution in [3.63, 3.8) is 0 Å². The SMILES string of the molecule is CC(CCC(=O)CCC1CCCCC1)C1C=C(c2ccccc2)c2ccccc2N(C)C1=O. The predicted octanol–water partition coefficient (Wildman–Crippen LogP) is 7.06. The van der Waals surface area contributed by atoms with Gasteiger partial charge in [-0.15, -0.1) is 0 Å². The van der Waals surface area contributed by atoms with Crippen molar-refractivity contribution in [2.45, 2.75) is 64.7 Å². The summed E-state index contributed by atoms with van der Waals surface area (Å²) >= 11 is 0. The standard InChI is InChI=1S/C30H37NO2/c1-22(17-19-25(32)20-18-23-11-5-3-6-12-23)27-21-28(24-13-7-4-8-14-24)26-15-9-10-16-29(26)31(2)30(27)33/h4,7-10,13-16,21-23,27H,3,5-6,11-12,17-20H2,1-2H3. The maximum Gasteiger partial charge on any atom is 0.233 e. The minimum Gasteiger partial charge on any atom is -0.314 e. The lowest BCUT2D eigenvalue weighted by molar-refractivity contribution is -0.123. The average Bonchev–Trinajstić information content (AvgIpc) is 2.97.